The van der Waals surface area contributed by atoms with Crippen LogP contribution < -0.4 is 0 Å². The molecule has 0 aliphatic heterocycles. The molecule has 3 aromatic heterocycles. The summed E-state index contributed by atoms with van der Waals surface area (Å²) in [5.74, 6) is 0. The monoisotopic (exact) mass is 615 g/mol. The minimum Gasteiger partial charge on any atom is -0.456 e. The zero-order valence-corrected chi connectivity index (χ0v) is 26.5. The molecule has 0 spiro atoms. The molecule has 0 atom stereocenters. The van der Waals surface area contributed by atoms with E-state index in [1.54, 1.807) is 0 Å². The lowest BCUT2D eigenvalue weighted by Crippen LogP contribution is -2.15. The Morgan fingerprint density at radius 2 is 1.00 bits per heavy atom. The SMILES string of the molecule is CC1(C)c2cc(-c3ccc4oc5ccccc5c4c3)ccc2-c2ccc(-n3c4ccccc4c4cc5c(cc43)oc3ccccc35)cc21. The van der Waals surface area contributed by atoms with Crippen LogP contribution >= 0.6 is 0 Å². The van der Waals surface area contributed by atoms with Crippen LogP contribution in [0.2, 0.25) is 0 Å². The summed E-state index contributed by atoms with van der Waals surface area (Å²) in [6.45, 7) is 4.73. The van der Waals surface area contributed by atoms with E-state index in [1.165, 1.54) is 49.7 Å². The van der Waals surface area contributed by atoms with Crippen LogP contribution in [0.4, 0.5) is 0 Å². The first-order chi connectivity index (χ1) is 23.5. The second-order valence-electron chi connectivity index (χ2n) is 13.7. The topological polar surface area (TPSA) is 31.2 Å². The molecule has 226 valence electrons. The van der Waals surface area contributed by atoms with Crippen LogP contribution in [0.15, 0.2) is 148 Å². The molecule has 0 saturated carbocycles. The van der Waals surface area contributed by atoms with E-state index < -0.39 is 0 Å². The lowest BCUT2D eigenvalue weighted by atomic mass is 9.81. The first-order valence-corrected chi connectivity index (χ1v) is 16.6. The zero-order chi connectivity index (χ0) is 31.7. The summed E-state index contributed by atoms with van der Waals surface area (Å²) in [5, 5.41) is 7.10. The molecule has 0 radical (unpaired) electrons. The molecule has 11 rings (SSSR count). The number of fused-ring (bicyclic) bond motifs is 12. The Morgan fingerprint density at radius 3 is 1.79 bits per heavy atom. The summed E-state index contributed by atoms with van der Waals surface area (Å²) in [7, 11) is 0. The third-order valence-electron chi connectivity index (χ3n) is 10.8. The molecule has 0 unspecified atom stereocenters. The van der Waals surface area contributed by atoms with Gasteiger partial charge < -0.3 is 13.4 Å². The van der Waals surface area contributed by atoms with Crippen LogP contribution in [-0.2, 0) is 5.41 Å². The molecular formula is C45H29NO2. The fourth-order valence-electron chi connectivity index (χ4n) is 8.42. The van der Waals surface area contributed by atoms with Gasteiger partial charge >= 0.3 is 0 Å². The molecule has 1 aliphatic carbocycles. The number of benzene rings is 7. The fraction of sp³-hybridized carbons (Fsp3) is 0.0667. The maximum atomic E-state index is 6.37. The highest BCUT2D eigenvalue weighted by Crippen LogP contribution is 2.51. The first kappa shape index (κ1) is 26.1. The van der Waals surface area contributed by atoms with E-state index >= 15 is 0 Å². The molecule has 3 nitrogen and oxygen atoms in total. The van der Waals surface area contributed by atoms with Crippen molar-refractivity contribution in [3.05, 3.63) is 151 Å². The molecule has 10 aromatic rings. The van der Waals surface area contributed by atoms with Crippen LogP contribution in [0.5, 0.6) is 0 Å². The molecule has 0 N–H and O–H groups in total. The Kier molecular flexibility index (Phi) is 4.91. The van der Waals surface area contributed by atoms with Crippen LogP contribution in [-0.4, -0.2) is 4.57 Å². The number of hydrogen-bond acceptors (Lipinski definition) is 2. The van der Waals surface area contributed by atoms with Gasteiger partial charge in [-0.05, 0) is 88.0 Å². The van der Waals surface area contributed by atoms with Gasteiger partial charge in [0.1, 0.15) is 22.3 Å². The van der Waals surface area contributed by atoms with Gasteiger partial charge in [-0.1, -0.05) is 92.7 Å². The second kappa shape index (κ2) is 9.05. The normalized spacial score (nSPS) is 13.8. The highest BCUT2D eigenvalue weighted by atomic mass is 16.3. The quantitative estimate of drug-likeness (QED) is 0.194. The molecule has 0 saturated heterocycles. The van der Waals surface area contributed by atoms with Crippen molar-refractivity contribution >= 4 is 65.7 Å². The van der Waals surface area contributed by atoms with Gasteiger partial charge in [0.2, 0.25) is 0 Å². The third kappa shape index (κ3) is 3.38. The summed E-state index contributed by atoms with van der Waals surface area (Å²) >= 11 is 0. The highest BCUT2D eigenvalue weighted by molar-refractivity contribution is 6.17. The summed E-state index contributed by atoms with van der Waals surface area (Å²) in [5.41, 5.74) is 14.8. The van der Waals surface area contributed by atoms with Gasteiger partial charge in [0, 0.05) is 49.5 Å². The Bertz CT molecular complexity index is 2980. The largest absolute Gasteiger partial charge is 0.456 e. The van der Waals surface area contributed by atoms with Crippen molar-refractivity contribution in [1.29, 1.82) is 0 Å². The van der Waals surface area contributed by atoms with E-state index in [1.807, 2.05) is 18.2 Å². The van der Waals surface area contributed by atoms with Crippen molar-refractivity contribution < 1.29 is 8.83 Å². The van der Waals surface area contributed by atoms with Crippen LogP contribution in [0.25, 0.3) is 93.6 Å². The Morgan fingerprint density at radius 1 is 0.417 bits per heavy atom. The van der Waals surface area contributed by atoms with Crippen molar-refractivity contribution in [3.8, 4) is 27.9 Å². The fourth-order valence-corrected chi connectivity index (χ4v) is 8.42. The van der Waals surface area contributed by atoms with Gasteiger partial charge in [-0.2, -0.15) is 0 Å². The van der Waals surface area contributed by atoms with Crippen molar-refractivity contribution in [1.82, 2.24) is 4.57 Å². The summed E-state index contributed by atoms with van der Waals surface area (Å²) < 4.78 is 14.9. The number of hydrogen-bond donors (Lipinski definition) is 0. The van der Waals surface area contributed by atoms with Gasteiger partial charge in [-0.3, -0.25) is 0 Å². The Hall–Kier alpha value is -6.06. The van der Waals surface area contributed by atoms with E-state index in [2.05, 4.69) is 140 Å². The zero-order valence-electron chi connectivity index (χ0n) is 26.5. The van der Waals surface area contributed by atoms with Crippen LogP contribution in [0, 0.1) is 0 Å². The van der Waals surface area contributed by atoms with E-state index in [0.29, 0.717) is 0 Å². The molecule has 48 heavy (non-hydrogen) atoms. The lowest BCUT2D eigenvalue weighted by Gasteiger charge is -2.23. The van der Waals surface area contributed by atoms with E-state index in [0.717, 1.165) is 55.1 Å². The van der Waals surface area contributed by atoms with Gasteiger partial charge in [-0.25, -0.2) is 0 Å². The Labute approximate surface area is 276 Å². The molecular weight excluding hydrogens is 587 g/mol. The number of rotatable bonds is 2. The molecule has 0 fully saturated rings. The lowest BCUT2D eigenvalue weighted by molar-refractivity contribution is 0.660. The molecule has 0 bridgehead atoms. The summed E-state index contributed by atoms with van der Waals surface area (Å²) in [6, 6.07) is 50.4. The first-order valence-electron chi connectivity index (χ1n) is 16.6. The molecule has 3 heteroatoms. The highest BCUT2D eigenvalue weighted by Gasteiger charge is 2.36. The summed E-state index contributed by atoms with van der Waals surface area (Å²) in [6.07, 6.45) is 0. The van der Waals surface area contributed by atoms with E-state index in [-0.39, 0.29) is 5.41 Å². The van der Waals surface area contributed by atoms with Crippen molar-refractivity contribution in [2.45, 2.75) is 19.3 Å². The number of para-hydroxylation sites is 3. The van der Waals surface area contributed by atoms with Gasteiger partial charge in [0.15, 0.2) is 0 Å². The van der Waals surface area contributed by atoms with E-state index in [9.17, 15) is 0 Å². The van der Waals surface area contributed by atoms with Crippen molar-refractivity contribution in [2.75, 3.05) is 0 Å². The number of nitrogens with zero attached hydrogens (tertiary/aromatic N) is 1. The maximum Gasteiger partial charge on any atom is 0.137 e. The van der Waals surface area contributed by atoms with Gasteiger partial charge in [0.25, 0.3) is 0 Å². The Balaban J connectivity index is 1.07. The minimum absolute atomic E-state index is 0.173. The van der Waals surface area contributed by atoms with Gasteiger partial charge in [-0.15, -0.1) is 0 Å². The van der Waals surface area contributed by atoms with Crippen LogP contribution in [0.1, 0.15) is 25.0 Å². The molecule has 1 aliphatic rings. The standard InChI is InChI=1S/C45H29NO2/c1-45(2)37-22-27(26-16-20-43-35(21-26)32-10-4-7-13-41(32)47-43)15-18-29(37)30-19-17-28(23-38(30)45)46-39-12-6-3-9-31(39)34-24-36-33-11-5-8-14-42(33)48-44(36)25-40(34)46/h3-25H,1-2H3. The van der Waals surface area contributed by atoms with Gasteiger partial charge in [0.05, 0.1) is 11.0 Å². The average molecular weight is 616 g/mol. The second-order valence-corrected chi connectivity index (χ2v) is 13.7. The molecule has 3 heterocycles. The van der Waals surface area contributed by atoms with E-state index in [4.69, 9.17) is 8.83 Å². The molecule has 7 aromatic carbocycles. The average Bonchev–Trinajstić information content (AvgIpc) is 3.83. The molecule has 0 amide bonds. The van der Waals surface area contributed by atoms with Crippen molar-refractivity contribution in [2.24, 2.45) is 0 Å². The van der Waals surface area contributed by atoms with Crippen molar-refractivity contribution in [3.63, 3.8) is 0 Å². The minimum atomic E-state index is -0.173. The number of furan rings is 2. The van der Waals surface area contributed by atoms with Crippen LogP contribution in [0.3, 0.4) is 0 Å². The summed E-state index contributed by atoms with van der Waals surface area (Å²) in [4.78, 5) is 0. The smallest absolute Gasteiger partial charge is 0.137 e. The predicted molar refractivity (Wildman–Crippen MR) is 198 cm³/mol. The number of aromatic nitrogens is 1. The third-order valence-corrected chi connectivity index (χ3v) is 10.8. The maximum absolute atomic E-state index is 6.37. The predicted octanol–water partition coefficient (Wildman–Crippen LogP) is 12.6.